The lowest BCUT2D eigenvalue weighted by atomic mass is 9.97. The van der Waals surface area contributed by atoms with E-state index in [9.17, 15) is 5.11 Å². The Morgan fingerprint density at radius 1 is 1.32 bits per heavy atom. The van der Waals surface area contributed by atoms with Crippen molar-refractivity contribution in [3.8, 4) is 5.88 Å². The Bertz CT molecular complexity index is 356. The van der Waals surface area contributed by atoms with Gasteiger partial charge in [0, 0.05) is 18.8 Å². The molecule has 5 nitrogen and oxygen atoms in total. The van der Waals surface area contributed by atoms with Gasteiger partial charge in [-0.1, -0.05) is 33.6 Å². The molecule has 0 saturated carbocycles. The van der Waals surface area contributed by atoms with Gasteiger partial charge in [0.1, 0.15) is 0 Å². The number of hydrogen-bond donors (Lipinski definition) is 2. The molecule has 1 rings (SSSR count). The van der Waals surface area contributed by atoms with Crippen LogP contribution in [0.2, 0.25) is 0 Å². The van der Waals surface area contributed by atoms with E-state index in [0.717, 1.165) is 19.3 Å². The van der Waals surface area contributed by atoms with E-state index in [1.807, 2.05) is 6.92 Å². The van der Waals surface area contributed by atoms with Gasteiger partial charge >= 0.3 is 0 Å². The zero-order valence-corrected chi connectivity index (χ0v) is 12.1. The summed E-state index contributed by atoms with van der Waals surface area (Å²) in [5.41, 5.74) is 0. The molecule has 0 radical (unpaired) electrons. The van der Waals surface area contributed by atoms with E-state index in [4.69, 9.17) is 4.74 Å². The molecule has 1 unspecified atom stereocenters. The smallest absolute Gasteiger partial charge is 0.226 e. The van der Waals surface area contributed by atoms with Crippen LogP contribution in [0.25, 0.3) is 0 Å². The molecule has 1 atom stereocenters. The fraction of sp³-hybridized carbons (Fsp3) is 0.714. The Hall–Kier alpha value is -1.36. The van der Waals surface area contributed by atoms with Gasteiger partial charge in [-0.05, 0) is 12.3 Å². The highest BCUT2D eigenvalue weighted by Gasteiger charge is 2.15. The predicted molar refractivity (Wildman–Crippen MR) is 76.4 cm³/mol. The lowest BCUT2D eigenvalue weighted by Gasteiger charge is -2.20. The Morgan fingerprint density at radius 2 is 2.05 bits per heavy atom. The third-order valence-electron chi connectivity index (χ3n) is 3.15. The molecule has 0 spiro atoms. The van der Waals surface area contributed by atoms with Gasteiger partial charge < -0.3 is 15.2 Å². The molecule has 0 bridgehead atoms. The first-order valence-electron chi connectivity index (χ1n) is 7.08. The third-order valence-corrected chi connectivity index (χ3v) is 3.15. The molecule has 0 fully saturated rings. The van der Waals surface area contributed by atoms with Crippen LogP contribution in [0.5, 0.6) is 5.88 Å². The monoisotopic (exact) mass is 267 g/mol. The molecule has 0 amide bonds. The summed E-state index contributed by atoms with van der Waals surface area (Å²) in [6.07, 6.45) is 4.17. The second kappa shape index (κ2) is 8.69. The van der Waals surface area contributed by atoms with Gasteiger partial charge in [0.2, 0.25) is 11.8 Å². The van der Waals surface area contributed by atoms with Gasteiger partial charge in [-0.25, -0.2) is 4.98 Å². The van der Waals surface area contributed by atoms with Crippen LogP contribution in [0.3, 0.4) is 0 Å². The number of rotatable bonds is 9. The minimum Gasteiger partial charge on any atom is -0.478 e. The summed E-state index contributed by atoms with van der Waals surface area (Å²) >= 11 is 0. The lowest BCUT2D eigenvalue weighted by molar-refractivity contribution is 0.114. The van der Waals surface area contributed by atoms with Crippen LogP contribution in [0.4, 0.5) is 5.95 Å². The second-order valence-corrected chi connectivity index (χ2v) is 4.59. The standard InChI is InChI=1S/C14H25N3O2/c1-4-9-19-13-7-8-15-14(17-13)16-10-12(18)11(5-2)6-3/h7-8,11-12,18H,4-6,9-10H2,1-3H3,(H,15,16,17). The second-order valence-electron chi connectivity index (χ2n) is 4.59. The molecule has 108 valence electrons. The van der Waals surface area contributed by atoms with Crippen LogP contribution >= 0.6 is 0 Å². The van der Waals surface area contributed by atoms with Crippen LogP contribution < -0.4 is 10.1 Å². The van der Waals surface area contributed by atoms with Crippen LogP contribution in [0.15, 0.2) is 12.3 Å². The maximum absolute atomic E-state index is 10.0. The first-order chi connectivity index (χ1) is 9.21. The number of aliphatic hydroxyl groups excluding tert-OH is 1. The first kappa shape index (κ1) is 15.7. The maximum atomic E-state index is 10.0. The van der Waals surface area contributed by atoms with E-state index in [1.165, 1.54) is 0 Å². The number of ether oxygens (including phenoxy) is 1. The maximum Gasteiger partial charge on any atom is 0.226 e. The predicted octanol–water partition coefficient (Wildman–Crippen LogP) is 2.47. The molecular formula is C14H25N3O2. The summed E-state index contributed by atoms with van der Waals surface area (Å²) in [5, 5.41) is 13.1. The van der Waals surface area contributed by atoms with E-state index in [2.05, 4.69) is 29.1 Å². The summed E-state index contributed by atoms with van der Waals surface area (Å²) in [6, 6.07) is 1.73. The fourth-order valence-corrected chi connectivity index (χ4v) is 1.91. The molecular weight excluding hydrogens is 242 g/mol. The molecule has 0 aromatic carbocycles. The molecule has 0 aliphatic heterocycles. The van der Waals surface area contributed by atoms with Crippen molar-refractivity contribution < 1.29 is 9.84 Å². The topological polar surface area (TPSA) is 67.3 Å². The van der Waals surface area contributed by atoms with E-state index >= 15 is 0 Å². The van der Waals surface area contributed by atoms with Crippen LogP contribution in [-0.2, 0) is 0 Å². The molecule has 1 aromatic heterocycles. The minimum atomic E-state index is -0.376. The highest BCUT2D eigenvalue weighted by Crippen LogP contribution is 2.14. The average Bonchev–Trinajstić information content (AvgIpc) is 2.44. The van der Waals surface area contributed by atoms with Gasteiger partial charge in [-0.15, -0.1) is 0 Å². The van der Waals surface area contributed by atoms with Crippen molar-refractivity contribution in [3.63, 3.8) is 0 Å². The van der Waals surface area contributed by atoms with Crippen molar-refractivity contribution in [1.82, 2.24) is 9.97 Å². The number of aromatic nitrogens is 2. The summed E-state index contributed by atoms with van der Waals surface area (Å²) in [5.74, 6) is 1.38. The van der Waals surface area contributed by atoms with Crippen molar-refractivity contribution in [2.45, 2.75) is 46.1 Å². The van der Waals surface area contributed by atoms with Crippen molar-refractivity contribution in [1.29, 1.82) is 0 Å². The third kappa shape index (κ3) is 5.42. The quantitative estimate of drug-likeness (QED) is 0.719. The molecule has 0 saturated heterocycles. The molecule has 0 aliphatic carbocycles. The normalized spacial score (nSPS) is 12.5. The zero-order valence-electron chi connectivity index (χ0n) is 12.1. The Kier molecular flexibility index (Phi) is 7.18. The number of nitrogens with one attached hydrogen (secondary N) is 1. The van der Waals surface area contributed by atoms with E-state index < -0.39 is 0 Å². The number of hydrogen-bond acceptors (Lipinski definition) is 5. The Balaban J connectivity index is 2.48. The largest absolute Gasteiger partial charge is 0.478 e. The first-order valence-corrected chi connectivity index (χ1v) is 7.08. The Labute approximate surface area is 115 Å². The van der Waals surface area contributed by atoms with Crippen LogP contribution in [0, 0.1) is 5.92 Å². The summed E-state index contributed by atoms with van der Waals surface area (Å²) in [4.78, 5) is 8.35. The van der Waals surface area contributed by atoms with Crippen molar-refractivity contribution in [3.05, 3.63) is 12.3 Å². The molecule has 2 N–H and O–H groups in total. The SMILES string of the molecule is CCCOc1ccnc(NCC(O)C(CC)CC)n1. The van der Waals surface area contributed by atoms with Gasteiger partial charge in [0.05, 0.1) is 12.7 Å². The number of nitrogens with zero attached hydrogens (tertiary/aromatic N) is 2. The lowest BCUT2D eigenvalue weighted by Crippen LogP contribution is -2.28. The molecule has 1 heterocycles. The van der Waals surface area contributed by atoms with Gasteiger partial charge in [0.15, 0.2) is 0 Å². The highest BCUT2D eigenvalue weighted by atomic mass is 16.5. The van der Waals surface area contributed by atoms with Gasteiger partial charge in [-0.2, -0.15) is 4.98 Å². The van der Waals surface area contributed by atoms with Crippen molar-refractivity contribution in [2.24, 2.45) is 5.92 Å². The van der Waals surface area contributed by atoms with Crippen molar-refractivity contribution in [2.75, 3.05) is 18.5 Å². The summed E-state index contributed by atoms with van der Waals surface area (Å²) in [7, 11) is 0. The summed E-state index contributed by atoms with van der Waals surface area (Å²) < 4.78 is 5.44. The van der Waals surface area contributed by atoms with Crippen LogP contribution in [-0.4, -0.2) is 34.3 Å². The van der Waals surface area contributed by atoms with Crippen molar-refractivity contribution >= 4 is 5.95 Å². The van der Waals surface area contributed by atoms with Gasteiger partial charge in [0.25, 0.3) is 0 Å². The summed E-state index contributed by atoms with van der Waals surface area (Å²) in [6.45, 7) is 7.34. The Morgan fingerprint density at radius 3 is 2.68 bits per heavy atom. The minimum absolute atomic E-state index is 0.312. The molecule has 1 aromatic rings. The molecule has 5 heteroatoms. The van der Waals surface area contributed by atoms with Gasteiger partial charge in [-0.3, -0.25) is 0 Å². The van der Waals surface area contributed by atoms with E-state index in [1.54, 1.807) is 12.3 Å². The highest BCUT2D eigenvalue weighted by molar-refractivity contribution is 5.27. The molecule has 0 aliphatic rings. The van der Waals surface area contributed by atoms with E-state index in [-0.39, 0.29) is 6.10 Å². The fourth-order valence-electron chi connectivity index (χ4n) is 1.91. The number of anilines is 1. The number of aliphatic hydroxyl groups is 1. The molecule has 19 heavy (non-hydrogen) atoms. The van der Waals surface area contributed by atoms with Crippen LogP contribution in [0.1, 0.15) is 40.0 Å². The average molecular weight is 267 g/mol. The van der Waals surface area contributed by atoms with E-state index in [0.29, 0.717) is 30.9 Å². The zero-order chi connectivity index (χ0) is 14.1.